The third kappa shape index (κ3) is 2.53. The summed E-state index contributed by atoms with van der Waals surface area (Å²) in [6.45, 7) is 0.461. The van der Waals surface area contributed by atoms with E-state index in [1.54, 1.807) is 18.4 Å². The SMILES string of the molecule is O=C(O)C(Cc1ccco1)Cn1cccc1. The highest BCUT2D eigenvalue weighted by Crippen LogP contribution is 2.12. The van der Waals surface area contributed by atoms with Gasteiger partial charge < -0.3 is 14.1 Å². The van der Waals surface area contributed by atoms with Gasteiger partial charge in [0, 0.05) is 25.4 Å². The molecule has 4 heteroatoms. The maximum absolute atomic E-state index is 11.1. The zero-order valence-electron chi connectivity index (χ0n) is 8.74. The van der Waals surface area contributed by atoms with Crippen molar-refractivity contribution in [2.75, 3.05) is 0 Å². The van der Waals surface area contributed by atoms with Crippen molar-refractivity contribution in [2.24, 2.45) is 5.92 Å². The molecule has 1 atom stereocenters. The Bertz CT molecular complexity index is 395. The fourth-order valence-corrected chi connectivity index (χ4v) is 1.65. The van der Waals surface area contributed by atoms with Crippen LogP contribution in [0.2, 0.25) is 0 Å². The number of rotatable bonds is 5. The summed E-state index contributed by atoms with van der Waals surface area (Å²) >= 11 is 0. The van der Waals surface area contributed by atoms with Crippen molar-refractivity contribution in [3.63, 3.8) is 0 Å². The highest BCUT2D eigenvalue weighted by atomic mass is 16.4. The predicted molar refractivity (Wildman–Crippen MR) is 58.0 cm³/mol. The molecule has 0 aliphatic carbocycles. The largest absolute Gasteiger partial charge is 0.481 e. The van der Waals surface area contributed by atoms with Gasteiger partial charge in [0.05, 0.1) is 12.2 Å². The molecule has 2 aromatic rings. The highest BCUT2D eigenvalue weighted by molar-refractivity contribution is 5.70. The monoisotopic (exact) mass is 219 g/mol. The zero-order valence-corrected chi connectivity index (χ0v) is 8.74. The van der Waals surface area contributed by atoms with Gasteiger partial charge in [-0.2, -0.15) is 0 Å². The number of aromatic nitrogens is 1. The molecule has 1 unspecified atom stereocenters. The van der Waals surface area contributed by atoms with Crippen molar-refractivity contribution in [3.05, 3.63) is 48.7 Å². The Kier molecular flexibility index (Phi) is 3.10. The summed E-state index contributed by atoms with van der Waals surface area (Å²) in [5.74, 6) is -0.553. The van der Waals surface area contributed by atoms with Crippen LogP contribution in [0.5, 0.6) is 0 Å². The second kappa shape index (κ2) is 4.70. The van der Waals surface area contributed by atoms with Gasteiger partial charge in [-0.25, -0.2) is 0 Å². The van der Waals surface area contributed by atoms with E-state index in [2.05, 4.69) is 0 Å². The van der Waals surface area contributed by atoms with E-state index >= 15 is 0 Å². The first-order valence-corrected chi connectivity index (χ1v) is 5.11. The van der Waals surface area contributed by atoms with Gasteiger partial charge in [0.1, 0.15) is 5.76 Å². The Balaban J connectivity index is 2.03. The zero-order chi connectivity index (χ0) is 11.4. The maximum atomic E-state index is 11.1. The van der Waals surface area contributed by atoms with Crippen molar-refractivity contribution in [3.8, 4) is 0 Å². The quantitative estimate of drug-likeness (QED) is 0.837. The summed E-state index contributed by atoms with van der Waals surface area (Å²) in [4.78, 5) is 11.1. The van der Waals surface area contributed by atoms with E-state index in [1.807, 2.05) is 29.1 Å². The number of nitrogens with zero attached hydrogens (tertiary/aromatic N) is 1. The summed E-state index contributed by atoms with van der Waals surface area (Å²) in [5.41, 5.74) is 0. The van der Waals surface area contributed by atoms with Crippen LogP contribution in [0, 0.1) is 5.92 Å². The molecule has 0 aliphatic rings. The lowest BCUT2D eigenvalue weighted by Crippen LogP contribution is -2.21. The van der Waals surface area contributed by atoms with E-state index in [4.69, 9.17) is 9.52 Å². The molecule has 0 aliphatic heterocycles. The molecule has 0 fully saturated rings. The molecular formula is C12H13NO3. The van der Waals surface area contributed by atoms with Crippen LogP contribution in [0.1, 0.15) is 5.76 Å². The van der Waals surface area contributed by atoms with Crippen LogP contribution in [0.4, 0.5) is 0 Å². The van der Waals surface area contributed by atoms with Crippen molar-refractivity contribution >= 4 is 5.97 Å². The van der Waals surface area contributed by atoms with Crippen LogP contribution in [0.25, 0.3) is 0 Å². The van der Waals surface area contributed by atoms with Crippen LogP contribution < -0.4 is 0 Å². The molecule has 0 radical (unpaired) electrons. The van der Waals surface area contributed by atoms with E-state index < -0.39 is 11.9 Å². The number of aliphatic carboxylic acids is 1. The topological polar surface area (TPSA) is 55.4 Å². The molecule has 0 bridgehead atoms. The van der Waals surface area contributed by atoms with Crippen LogP contribution >= 0.6 is 0 Å². The second-order valence-electron chi connectivity index (χ2n) is 3.70. The fourth-order valence-electron chi connectivity index (χ4n) is 1.65. The lowest BCUT2D eigenvalue weighted by molar-refractivity contribution is -0.142. The molecule has 0 aromatic carbocycles. The first kappa shape index (κ1) is 10.5. The normalized spacial score (nSPS) is 12.5. The fraction of sp³-hybridized carbons (Fsp3) is 0.250. The van der Waals surface area contributed by atoms with Gasteiger partial charge in [-0.3, -0.25) is 4.79 Å². The van der Waals surface area contributed by atoms with Gasteiger partial charge in [-0.1, -0.05) is 0 Å². The minimum Gasteiger partial charge on any atom is -0.481 e. The van der Waals surface area contributed by atoms with Crippen molar-refractivity contribution in [1.82, 2.24) is 4.57 Å². The molecule has 84 valence electrons. The van der Waals surface area contributed by atoms with Crippen molar-refractivity contribution < 1.29 is 14.3 Å². The van der Waals surface area contributed by atoms with Crippen molar-refractivity contribution in [2.45, 2.75) is 13.0 Å². The number of hydrogen-bond donors (Lipinski definition) is 1. The van der Waals surface area contributed by atoms with E-state index in [-0.39, 0.29) is 0 Å². The Morgan fingerprint density at radius 2 is 2.12 bits per heavy atom. The first-order valence-electron chi connectivity index (χ1n) is 5.11. The molecule has 4 nitrogen and oxygen atoms in total. The van der Waals surface area contributed by atoms with E-state index in [0.717, 1.165) is 0 Å². The molecular weight excluding hydrogens is 206 g/mol. The summed E-state index contributed by atoms with van der Waals surface area (Å²) < 4.78 is 7.02. The molecule has 0 spiro atoms. The summed E-state index contributed by atoms with van der Waals surface area (Å²) in [6, 6.07) is 7.33. The number of hydrogen-bond acceptors (Lipinski definition) is 2. The maximum Gasteiger partial charge on any atom is 0.308 e. The van der Waals surface area contributed by atoms with Crippen LogP contribution in [-0.4, -0.2) is 15.6 Å². The van der Waals surface area contributed by atoms with Gasteiger partial charge >= 0.3 is 5.97 Å². The summed E-state index contributed by atoms with van der Waals surface area (Å²) in [7, 11) is 0. The van der Waals surface area contributed by atoms with Crippen LogP contribution in [-0.2, 0) is 17.8 Å². The summed E-state index contributed by atoms with van der Waals surface area (Å²) in [6.07, 6.45) is 5.70. The standard InChI is InChI=1S/C12H13NO3/c14-12(15)10(8-11-4-3-7-16-11)9-13-5-1-2-6-13/h1-7,10H,8-9H2,(H,14,15). The van der Waals surface area contributed by atoms with Crippen LogP contribution in [0.15, 0.2) is 47.3 Å². The van der Waals surface area contributed by atoms with E-state index in [9.17, 15) is 4.79 Å². The molecule has 0 saturated heterocycles. The van der Waals surface area contributed by atoms with E-state index in [0.29, 0.717) is 18.7 Å². The molecule has 2 aromatic heterocycles. The average molecular weight is 219 g/mol. The summed E-state index contributed by atoms with van der Waals surface area (Å²) in [5, 5.41) is 9.12. The first-order chi connectivity index (χ1) is 7.75. The molecule has 2 rings (SSSR count). The molecule has 0 saturated carbocycles. The highest BCUT2D eigenvalue weighted by Gasteiger charge is 2.19. The van der Waals surface area contributed by atoms with Gasteiger partial charge in [-0.05, 0) is 24.3 Å². The Morgan fingerprint density at radius 1 is 1.38 bits per heavy atom. The molecule has 2 heterocycles. The minimum absolute atomic E-state index is 0.417. The van der Waals surface area contributed by atoms with Gasteiger partial charge in [-0.15, -0.1) is 0 Å². The molecule has 16 heavy (non-hydrogen) atoms. The molecule has 1 N–H and O–H groups in total. The Morgan fingerprint density at radius 3 is 2.69 bits per heavy atom. The number of carboxylic acid groups (broad SMARTS) is 1. The van der Waals surface area contributed by atoms with E-state index in [1.165, 1.54) is 0 Å². The third-order valence-corrected chi connectivity index (χ3v) is 2.47. The van der Waals surface area contributed by atoms with Gasteiger partial charge in [0.2, 0.25) is 0 Å². The van der Waals surface area contributed by atoms with Gasteiger partial charge in [0.15, 0.2) is 0 Å². The third-order valence-electron chi connectivity index (χ3n) is 2.47. The Labute approximate surface area is 93.1 Å². The van der Waals surface area contributed by atoms with Crippen molar-refractivity contribution in [1.29, 1.82) is 0 Å². The lowest BCUT2D eigenvalue weighted by Gasteiger charge is -2.11. The Hall–Kier alpha value is -1.97. The second-order valence-corrected chi connectivity index (χ2v) is 3.70. The van der Waals surface area contributed by atoms with Gasteiger partial charge in [0.25, 0.3) is 0 Å². The average Bonchev–Trinajstić information content (AvgIpc) is 2.88. The number of carbonyl (C=O) groups is 1. The smallest absolute Gasteiger partial charge is 0.308 e. The molecule has 0 amide bonds. The van der Waals surface area contributed by atoms with Crippen LogP contribution in [0.3, 0.4) is 0 Å². The lowest BCUT2D eigenvalue weighted by atomic mass is 10.0. The number of furan rings is 1. The minimum atomic E-state index is -0.801. The number of carboxylic acids is 1. The predicted octanol–water partition coefficient (Wildman–Crippen LogP) is 2.02.